The fraction of sp³-hybridized carbons (Fsp3) is 0.867. The van der Waals surface area contributed by atoms with Crippen LogP contribution < -0.4 is 0 Å². The van der Waals surface area contributed by atoms with Gasteiger partial charge in [0, 0.05) is 13.2 Å². The second-order valence-electron chi connectivity index (χ2n) is 6.34. The highest BCUT2D eigenvalue weighted by Gasteiger charge is 2.49. The van der Waals surface area contributed by atoms with E-state index in [-0.39, 0.29) is 0 Å². The van der Waals surface area contributed by atoms with Crippen LogP contribution in [0.25, 0.3) is 0 Å². The van der Waals surface area contributed by atoms with Crippen molar-refractivity contribution in [2.24, 2.45) is 10.8 Å². The molecule has 0 aromatic rings. The van der Waals surface area contributed by atoms with Gasteiger partial charge in [-0.1, -0.05) is 6.42 Å². The monoisotopic (exact) mass is 284 g/mol. The lowest BCUT2D eigenvalue weighted by Crippen LogP contribution is -2.15. The highest BCUT2D eigenvalue weighted by Crippen LogP contribution is 2.50. The fourth-order valence-electron chi connectivity index (χ4n) is 2.73. The van der Waals surface area contributed by atoms with E-state index in [0.717, 1.165) is 51.4 Å². The number of carboxylic acids is 2. The highest BCUT2D eigenvalue weighted by molar-refractivity contribution is 5.78. The molecule has 2 aliphatic carbocycles. The quantitative estimate of drug-likeness (QED) is 0.570. The maximum absolute atomic E-state index is 11.0. The van der Waals surface area contributed by atoms with Crippen LogP contribution in [0.5, 0.6) is 0 Å². The zero-order valence-corrected chi connectivity index (χ0v) is 11.9. The van der Waals surface area contributed by atoms with Crippen LogP contribution in [0, 0.1) is 10.8 Å². The molecule has 0 spiro atoms. The molecule has 0 saturated heterocycles. The molecule has 5 heteroatoms. The summed E-state index contributed by atoms with van der Waals surface area (Å²) in [6, 6.07) is 0. The standard InChI is InChI=1S/C15H24O5/c16-12(17)14(6-7-14)4-1-2-10-20-11-3-5-15(8-9-15)13(18)19/h1-11H2,(H,16,17)(H,18,19). The molecule has 0 unspecified atom stereocenters. The number of aliphatic carboxylic acids is 2. The predicted octanol–water partition coefficient (Wildman–Crippen LogP) is 2.68. The minimum Gasteiger partial charge on any atom is -0.481 e. The number of hydrogen-bond donors (Lipinski definition) is 2. The van der Waals surface area contributed by atoms with Crippen LogP contribution in [-0.4, -0.2) is 35.4 Å². The smallest absolute Gasteiger partial charge is 0.309 e. The second kappa shape index (κ2) is 6.12. The van der Waals surface area contributed by atoms with Gasteiger partial charge in [0.1, 0.15) is 0 Å². The van der Waals surface area contributed by atoms with Crippen LogP contribution in [0.3, 0.4) is 0 Å². The lowest BCUT2D eigenvalue weighted by molar-refractivity contribution is -0.144. The number of unbranched alkanes of at least 4 members (excludes halogenated alkanes) is 1. The molecule has 0 heterocycles. The fourth-order valence-corrected chi connectivity index (χ4v) is 2.73. The second-order valence-corrected chi connectivity index (χ2v) is 6.34. The summed E-state index contributed by atoms with van der Waals surface area (Å²) in [5.74, 6) is -1.32. The highest BCUT2D eigenvalue weighted by atomic mass is 16.5. The first kappa shape index (κ1) is 15.3. The minimum absolute atomic E-state index is 0.417. The number of hydrogen-bond acceptors (Lipinski definition) is 3. The van der Waals surface area contributed by atoms with Crippen molar-refractivity contribution in [3.63, 3.8) is 0 Å². The molecule has 2 aliphatic rings. The van der Waals surface area contributed by atoms with E-state index in [1.54, 1.807) is 0 Å². The third-order valence-electron chi connectivity index (χ3n) is 4.75. The summed E-state index contributed by atoms with van der Waals surface area (Å²) >= 11 is 0. The van der Waals surface area contributed by atoms with Gasteiger partial charge in [0.15, 0.2) is 0 Å². The van der Waals surface area contributed by atoms with Crippen molar-refractivity contribution in [2.45, 2.75) is 57.8 Å². The van der Waals surface area contributed by atoms with E-state index in [1.165, 1.54) is 0 Å². The van der Waals surface area contributed by atoms with Crippen LogP contribution in [0.15, 0.2) is 0 Å². The summed E-state index contributed by atoms with van der Waals surface area (Å²) in [5.41, 5.74) is -0.858. The van der Waals surface area contributed by atoms with Crippen LogP contribution >= 0.6 is 0 Å². The summed E-state index contributed by atoms with van der Waals surface area (Å²) in [5, 5.41) is 18.0. The van der Waals surface area contributed by atoms with Gasteiger partial charge in [-0.15, -0.1) is 0 Å². The Labute approximate surface area is 119 Å². The van der Waals surface area contributed by atoms with Gasteiger partial charge in [0.05, 0.1) is 10.8 Å². The zero-order chi connectivity index (χ0) is 14.6. The van der Waals surface area contributed by atoms with Crippen molar-refractivity contribution in [3.8, 4) is 0 Å². The molecule has 2 N–H and O–H groups in total. The molecule has 2 fully saturated rings. The average molecular weight is 284 g/mol. The van der Waals surface area contributed by atoms with Crippen LogP contribution in [0.1, 0.15) is 57.8 Å². The molecule has 114 valence electrons. The topological polar surface area (TPSA) is 83.8 Å². The number of rotatable bonds is 11. The molecule has 2 rings (SSSR count). The Morgan fingerprint density at radius 2 is 1.25 bits per heavy atom. The van der Waals surface area contributed by atoms with Crippen molar-refractivity contribution in [3.05, 3.63) is 0 Å². The number of carbonyl (C=O) groups is 2. The van der Waals surface area contributed by atoms with Crippen molar-refractivity contribution in [1.29, 1.82) is 0 Å². The Morgan fingerprint density at radius 3 is 1.70 bits per heavy atom. The van der Waals surface area contributed by atoms with E-state index in [4.69, 9.17) is 14.9 Å². The van der Waals surface area contributed by atoms with Gasteiger partial charge in [-0.2, -0.15) is 0 Å². The predicted molar refractivity (Wildman–Crippen MR) is 72.5 cm³/mol. The zero-order valence-electron chi connectivity index (χ0n) is 11.9. The lowest BCUT2D eigenvalue weighted by Gasteiger charge is -2.10. The van der Waals surface area contributed by atoms with Crippen LogP contribution in [-0.2, 0) is 14.3 Å². The average Bonchev–Trinajstić information content (AvgIpc) is 3.26. The first-order chi connectivity index (χ1) is 9.51. The van der Waals surface area contributed by atoms with E-state index in [0.29, 0.717) is 19.6 Å². The Kier molecular flexibility index (Phi) is 4.68. The summed E-state index contributed by atoms with van der Waals surface area (Å²) < 4.78 is 5.49. The summed E-state index contributed by atoms with van der Waals surface area (Å²) in [6.07, 6.45) is 7.30. The summed E-state index contributed by atoms with van der Waals surface area (Å²) in [7, 11) is 0. The molecule has 0 bridgehead atoms. The SMILES string of the molecule is O=C(O)C1(CCCCOCCCC2(C(=O)O)CC2)CC1. The normalized spacial score (nSPS) is 21.4. The van der Waals surface area contributed by atoms with Gasteiger partial charge >= 0.3 is 11.9 Å². The van der Waals surface area contributed by atoms with Crippen LogP contribution in [0.2, 0.25) is 0 Å². The van der Waals surface area contributed by atoms with Crippen molar-refractivity contribution in [2.75, 3.05) is 13.2 Å². The number of carboxylic acid groups (broad SMARTS) is 2. The van der Waals surface area contributed by atoms with Gasteiger partial charge in [-0.05, 0) is 51.4 Å². The molecular weight excluding hydrogens is 260 g/mol. The van der Waals surface area contributed by atoms with Gasteiger partial charge in [0.25, 0.3) is 0 Å². The maximum atomic E-state index is 11.0. The van der Waals surface area contributed by atoms with Gasteiger partial charge in [-0.25, -0.2) is 0 Å². The van der Waals surface area contributed by atoms with E-state index in [2.05, 4.69) is 0 Å². The lowest BCUT2D eigenvalue weighted by atomic mass is 9.99. The Hall–Kier alpha value is -1.10. The van der Waals surface area contributed by atoms with Gasteiger partial charge in [0.2, 0.25) is 0 Å². The Morgan fingerprint density at radius 1 is 0.800 bits per heavy atom. The van der Waals surface area contributed by atoms with Crippen molar-refractivity contribution >= 4 is 11.9 Å². The molecule has 0 radical (unpaired) electrons. The Balaban J connectivity index is 1.43. The Bertz CT molecular complexity index is 332. The first-order valence-corrected chi connectivity index (χ1v) is 7.55. The summed E-state index contributed by atoms with van der Waals surface area (Å²) in [4.78, 5) is 21.9. The third-order valence-corrected chi connectivity index (χ3v) is 4.75. The molecule has 2 saturated carbocycles. The largest absolute Gasteiger partial charge is 0.481 e. The molecule has 0 aliphatic heterocycles. The molecule has 0 amide bonds. The molecular formula is C15H24O5. The minimum atomic E-state index is -0.666. The van der Waals surface area contributed by atoms with Crippen LogP contribution in [0.4, 0.5) is 0 Å². The third kappa shape index (κ3) is 3.72. The maximum Gasteiger partial charge on any atom is 0.309 e. The van der Waals surface area contributed by atoms with Gasteiger partial charge in [-0.3, -0.25) is 9.59 Å². The molecule has 20 heavy (non-hydrogen) atoms. The van der Waals surface area contributed by atoms with E-state index in [9.17, 15) is 9.59 Å². The summed E-state index contributed by atoms with van der Waals surface area (Å²) in [6.45, 7) is 1.26. The molecule has 5 nitrogen and oxygen atoms in total. The van der Waals surface area contributed by atoms with E-state index in [1.807, 2.05) is 0 Å². The van der Waals surface area contributed by atoms with E-state index < -0.39 is 22.8 Å². The van der Waals surface area contributed by atoms with Crippen molar-refractivity contribution in [1.82, 2.24) is 0 Å². The first-order valence-electron chi connectivity index (χ1n) is 7.55. The van der Waals surface area contributed by atoms with Gasteiger partial charge < -0.3 is 14.9 Å². The van der Waals surface area contributed by atoms with E-state index >= 15 is 0 Å². The molecule has 0 aromatic heterocycles. The van der Waals surface area contributed by atoms with Crippen molar-refractivity contribution < 1.29 is 24.5 Å². The number of ether oxygens (including phenoxy) is 1. The molecule has 0 atom stereocenters. The molecule has 0 aromatic carbocycles.